The standard InChI is InChI=1S/C21H22N3O3S/c1-23-10-3-4-17(23)12-16-14-24(19-5-2-9-22-21(16)19)28(25,26)18-7-6-15-8-11-27-20(15)13-18/h2,5-7,9,13-14,17H,1,3-4,8,10-12H2/q-1. The number of hydrogen-bond acceptors (Lipinski definition) is 5. The zero-order valence-corrected chi connectivity index (χ0v) is 16.4. The van der Waals surface area contributed by atoms with Gasteiger partial charge in [0.05, 0.1) is 22.5 Å². The number of rotatable bonds is 4. The maximum Gasteiger partial charge on any atom is 0.268 e. The van der Waals surface area contributed by atoms with Gasteiger partial charge in [-0.1, -0.05) is 6.07 Å². The number of hydrogen-bond donors (Lipinski definition) is 0. The zero-order valence-electron chi connectivity index (χ0n) is 15.5. The van der Waals surface area contributed by atoms with E-state index in [4.69, 9.17) is 4.74 Å². The quantitative estimate of drug-likeness (QED) is 0.635. The Kier molecular flexibility index (Phi) is 4.17. The lowest BCUT2D eigenvalue weighted by Crippen LogP contribution is -2.24. The number of nitrogens with zero attached hydrogens (tertiary/aromatic N) is 3. The number of pyridine rings is 1. The van der Waals surface area contributed by atoms with Crippen molar-refractivity contribution in [3.8, 4) is 5.75 Å². The Morgan fingerprint density at radius 1 is 1.29 bits per heavy atom. The van der Waals surface area contributed by atoms with Crippen LogP contribution in [0.1, 0.15) is 24.0 Å². The van der Waals surface area contributed by atoms with E-state index in [0.29, 0.717) is 23.9 Å². The van der Waals surface area contributed by atoms with Crippen molar-refractivity contribution in [1.82, 2.24) is 13.9 Å². The molecule has 1 unspecified atom stereocenters. The molecule has 0 saturated carbocycles. The van der Waals surface area contributed by atoms with Gasteiger partial charge in [-0.2, -0.15) is 0 Å². The summed E-state index contributed by atoms with van der Waals surface area (Å²) in [5.74, 6) is 0.662. The molecule has 6 nitrogen and oxygen atoms in total. The lowest BCUT2D eigenvalue weighted by Gasteiger charge is -2.26. The summed E-state index contributed by atoms with van der Waals surface area (Å²) in [5.41, 5.74) is 3.34. The molecule has 146 valence electrons. The van der Waals surface area contributed by atoms with Crippen LogP contribution < -0.4 is 4.74 Å². The Bertz CT molecular complexity index is 1150. The molecule has 2 aliphatic rings. The molecule has 28 heavy (non-hydrogen) atoms. The average molecular weight is 396 g/mol. The van der Waals surface area contributed by atoms with Crippen LogP contribution in [0.25, 0.3) is 11.0 Å². The van der Waals surface area contributed by atoms with E-state index >= 15 is 0 Å². The predicted octanol–water partition coefficient (Wildman–Crippen LogP) is 3.01. The Morgan fingerprint density at radius 2 is 2.18 bits per heavy atom. The Balaban J connectivity index is 1.60. The summed E-state index contributed by atoms with van der Waals surface area (Å²) in [5, 5.41) is 0. The van der Waals surface area contributed by atoms with Crippen LogP contribution in [0.15, 0.2) is 47.6 Å². The second-order valence-electron chi connectivity index (χ2n) is 7.51. The lowest BCUT2D eigenvalue weighted by molar-refractivity contribution is 0.343. The molecular weight excluding hydrogens is 374 g/mol. The van der Waals surface area contributed by atoms with Crippen LogP contribution in [0.3, 0.4) is 0 Å². The summed E-state index contributed by atoms with van der Waals surface area (Å²) >= 11 is 0. The Labute approximate surface area is 164 Å². The van der Waals surface area contributed by atoms with Gasteiger partial charge in [0.25, 0.3) is 10.0 Å². The van der Waals surface area contributed by atoms with Crippen LogP contribution in [0.5, 0.6) is 5.75 Å². The molecule has 1 saturated heterocycles. The van der Waals surface area contributed by atoms with Crippen LogP contribution in [-0.2, 0) is 22.9 Å². The van der Waals surface area contributed by atoms with Crippen LogP contribution >= 0.6 is 0 Å². The topological polar surface area (TPSA) is 64.4 Å². The van der Waals surface area contributed by atoms with E-state index in [2.05, 4.69) is 16.9 Å². The summed E-state index contributed by atoms with van der Waals surface area (Å²) in [7, 11) is 0.360. The minimum atomic E-state index is -3.75. The highest BCUT2D eigenvalue weighted by molar-refractivity contribution is 7.90. The molecule has 0 radical (unpaired) electrons. The summed E-state index contributed by atoms with van der Waals surface area (Å²) in [6, 6.07) is 9.04. The van der Waals surface area contributed by atoms with Gasteiger partial charge in [-0.3, -0.25) is 12.0 Å². The third kappa shape index (κ3) is 2.81. The van der Waals surface area contributed by atoms with Gasteiger partial charge in [-0.05, 0) is 61.2 Å². The number of likely N-dealkylation sites (tertiary alicyclic amines) is 1. The lowest BCUT2D eigenvalue weighted by atomic mass is 10.1. The van der Waals surface area contributed by atoms with E-state index < -0.39 is 10.0 Å². The van der Waals surface area contributed by atoms with Crippen molar-refractivity contribution in [3.63, 3.8) is 0 Å². The van der Waals surface area contributed by atoms with E-state index in [9.17, 15) is 8.42 Å². The molecule has 1 fully saturated rings. The van der Waals surface area contributed by atoms with Gasteiger partial charge in [0.1, 0.15) is 5.75 Å². The average Bonchev–Trinajstić information content (AvgIpc) is 3.41. The van der Waals surface area contributed by atoms with Crippen molar-refractivity contribution in [2.75, 3.05) is 13.2 Å². The van der Waals surface area contributed by atoms with Crippen molar-refractivity contribution in [1.29, 1.82) is 0 Å². The van der Waals surface area contributed by atoms with Crippen molar-refractivity contribution >= 4 is 21.1 Å². The van der Waals surface area contributed by atoms with Gasteiger partial charge < -0.3 is 9.64 Å². The normalized spacial score (nSPS) is 19.8. The molecule has 2 aliphatic heterocycles. The molecule has 0 bridgehead atoms. The van der Waals surface area contributed by atoms with E-state index in [1.807, 2.05) is 12.1 Å². The van der Waals surface area contributed by atoms with Crippen molar-refractivity contribution in [2.24, 2.45) is 0 Å². The number of benzene rings is 1. The molecule has 2 aromatic heterocycles. The van der Waals surface area contributed by atoms with Gasteiger partial charge >= 0.3 is 0 Å². The second-order valence-corrected chi connectivity index (χ2v) is 9.32. The fourth-order valence-electron chi connectivity index (χ4n) is 4.24. The smallest absolute Gasteiger partial charge is 0.268 e. The SMILES string of the molecule is [CH2-]N1CCCC1Cc1cn(S(=O)(=O)c2ccc3c(c2)OCC3)c2cccnc12. The monoisotopic (exact) mass is 396 g/mol. The Hall–Kier alpha value is -2.38. The molecule has 1 aromatic carbocycles. The fraction of sp³-hybridized carbons (Fsp3) is 0.333. The third-order valence-electron chi connectivity index (χ3n) is 5.78. The summed E-state index contributed by atoms with van der Waals surface area (Å²) in [6.45, 7) is 1.58. The van der Waals surface area contributed by atoms with Crippen molar-refractivity contribution in [3.05, 3.63) is 60.9 Å². The number of ether oxygens (including phenoxy) is 1. The van der Waals surface area contributed by atoms with Crippen LogP contribution in [0.4, 0.5) is 0 Å². The molecular formula is C21H22N3O3S-. The van der Waals surface area contributed by atoms with Gasteiger partial charge in [-0.15, -0.1) is 0 Å². The predicted molar refractivity (Wildman–Crippen MR) is 107 cm³/mol. The molecule has 0 aliphatic carbocycles. The summed E-state index contributed by atoms with van der Waals surface area (Å²) in [4.78, 5) is 6.82. The highest BCUT2D eigenvalue weighted by Crippen LogP contribution is 2.32. The molecule has 0 N–H and O–H groups in total. The molecule has 1 atom stereocenters. The van der Waals surface area contributed by atoms with Crippen LogP contribution in [0.2, 0.25) is 0 Å². The third-order valence-corrected chi connectivity index (χ3v) is 7.45. The van der Waals surface area contributed by atoms with E-state index in [0.717, 1.165) is 48.9 Å². The van der Waals surface area contributed by atoms with Crippen LogP contribution in [-0.4, -0.2) is 41.5 Å². The fourth-order valence-corrected chi connectivity index (χ4v) is 5.64. The molecule has 0 spiro atoms. The van der Waals surface area contributed by atoms with Crippen molar-refractivity contribution in [2.45, 2.75) is 36.6 Å². The largest absolute Gasteiger partial charge is 0.493 e. The Morgan fingerprint density at radius 3 is 3.00 bits per heavy atom. The molecule has 5 rings (SSSR count). The first-order valence-electron chi connectivity index (χ1n) is 9.57. The maximum absolute atomic E-state index is 13.4. The minimum Gasteiger partial charge on any atom is -0.493 e. The summed E-state index contributed by atoms with van der Waals surface area (Å²) < 4.78 is 33.8. The highest BCUT2D eigenvalue weighted by atomic mass is 32.2. The van der Waals surface area contributed by atoms with E-state index in [1.54, 1.807) is 30.6 Å². The molecule has 0 amide bonds. The molecule has 3 aromatic rings. The molecule has 7 heteroatoms. The van der Waals surface area contributed by atoms with E-state index in [-0.39, 0.29) is 4.90 Å². The number of fused-ring (bicyclic) bond motifs is 2. The second kappa shape index (κ2) is 6.60. The highest BCUT2D eigenvalue weighted by Gasteiger charge is 2.26. The van der Waals surface area contributed by atoms with Crippen molar-refractivity contribution < 1.29 is 13.2 Å². The first-order valence-corrected chi connectivity index (χ1v) is 11.0. The van der Waals surface area contributed by atoms with Gasteiger partial charge in [0.15, 0.2) is 0 Å². The van der Waals surface area contributed by atoms with Gasteiger partial charge in [0, 0.05) is 24.9 Å². The van der Waals surface area contributed by atoms with Gasteiger partial charge in [0.2, 0.25) is 0 Å². The maximum atomic E-state index is 13.4. The zero-order chi connectivity index (χ0) is 19.3. The van der Waals surface area contributed by atoms with Gasteiger partial charge in [-0.25, -0.2) is 12.4 Å². The van der Waals surface area contributed by atoms with Crippen LogP contribution in [0, 0.1) is 7.05 Å². The first-order chi connectivity index (χ1) is 13.5. The molecule has 4 heterocycles. The summed E-state index contributed by atoms with van der Waals surface area (Å²) in [6.07, 6.45) is 7.19. The van der Waals surface area contributed by atoms with E-state index in [1.165, 1.54) is 3.97 Å². The first kappa shape index (κ1) is 17.7. The minimum absolute atomic E-state index is 0.236. The number of aromatic nitrogens is 2.